The maximum Gasteiger partial charge on any atom is 0.199 e. The van der Waals surface area contributed by atoms with Crippen LogP contribution in [0.4, 0.5) is 0 Å². The molecule has 0 aliphatic carbocycles. The van der Waals surface area contributed by atoms with E-state index in [1.807, 2.05) is 37.3 Å². The highest BCUT2D eigenvalue weighted by Gasteiger charge is 2.20. The van der Waals surface area contributed by atoms with Crippen molar-refractivity contribution in [2.45, 2.75) is 32.4 Å². The molecule has 100 valence electrons. The highest BCUT2D eigenvalue weighted by Crippen LogP contribution is 2.07. The first-order chi connectivity index (χ1) is 9.22. The Hall–Kier alpha value is -2.01. The Bertz CT molecular complexity index is 535. The van der Waals surface area contributed by atoms with Crippen LogP contribution in [0, 0.1) is 0 Å². The van der Waals surface area contributed by atoms with Crippen LogP contribution in [0.1, 0.15) is 29.4 Å². The lowest BCUT2D eigenvalue weighted by atomic mass is 10.0. The van der Waals surface area contributed by atoms with E-state index in [2.05, 4.69) is 10.3 Å². The summed E-state index contributed by atoms with van der Waals surface area (Å²) in [5, 5.41) is 7.69. The van der Waals surface area contributed by atoms with E-state index < -0.39 is 6.04 Å². The zero-order chi connectivity index (χ0) is 13.7. The number of benzene rings is 1. The first-order valence-electron chi connectivity index (χ1n) is 6.44. The third kappa shape index (κ3) is 3.26. The predicted molar refractivity (Wildman–Crippen MR) is 72.8 cm³/mol. The first kappa shape index (κ1) is 13.4. The first-order valence-corrected chi connectivity index (χ1v) is 6.44. The van der Waals surface area contributed by atoms with Crippen LogP contribution in [0.15, 0.2) is 36.5 Å². The molecule has 2 aromatic rings. The molecular weight excluding hydrogens is 240 g/mol. The van der Waals surface area contributed by atoms with Crippen LogP contribution in [-0.2, 0) is 13.0 Å². The van der Waals surface area contributed by atoms with Gasteiger partial charge in [0, 0.05) is 6.54 Å². The molecule has 0 aliphatic heterocycles. The SMILES string of the molecule is CCCn1nncc1C(=O)C(N)Cc1ccccc1. The van der Waals surface area contributed by atoms with Gasteiger partial charge in [-0.25, -0.2) is 4.68 Å². The van der Waals surface area contributed by atoms with Gasteiger partial charge in [-0.2, -0.15) is 0 Å². The Kier molecular flexibility index (Phi) is 4.41. The van der Waals surface area contributed by atoms with Gasteiger partial charge in [0.15, 0.2) is 5.78 Å². The van der Waals surface area contributed by atoms with E-state index >= 15 is 0 Å². The van der Waals surface area contributed by atoms with Crippen molar-refractivity contribution in [3.8, 4) is 0 Å². The molecule has 0 radical (unpaired) electrons. The fourth-order valence-corrected chi connectivity index (χ4v) is 1.98. The number of aryl methyl sites for hydroxylation is 1. The number of hydrogen-bond acceptors (Lipinski definition) is 4. The smallest absolute Gasteiger partial charge is 0.199 e. The van der Waals surface area contributed by atoms with Crippen molar-refractivity contribution >= 4 is 5.78 Å². The second-order valence-electron chi connectivity index (χ2n) is 4.50. The van der Waals surface area contributed by atoms with Crippen LogP contribution in [0.5, 0.6) is 0 Å². The molecule has 1 aromatic heterocycles. The lowest BCUT2D eigenvalue weighted by molar-refractivity contribution is 0.0950. The third-order valence-corrected chi connectivity index (χ3v) is 2.94. The Morgan fingerprint density at radius 2 is 2.11 bits per heavy atom. The lowest BCUT2D eigenvalue weighted by Crippen LogP contribution is -2.34. The molecule has 0 spiro atoms. The fraction of sp³-hybridized carbons (Fsp3) is 0.357. The van der Waals surface area contributed by atoms with E-state index in [4.69, 9.17) is 5.73 Å². The molecule has 0 fully saturated rings. The van der Waals surface area contributed by atoms with Crippen molar-refractivity contribution < 1.29 is 4.79 Å². The van der Waals surface area contributed by atoms with Crippen LogP contribution >= 0.6 is 0 Å². The van der Waals surface area contributed by atoms with Gasteiger partial charge in [-0.3, -0.25) is 4.79 Å². The fourth-order valence-electron chi connectivity index (χ4n) is 1.98. The molecule has 2 N–H and O–H groups in total. The van der Waals surface area contributed by atoms with E-state index in [9.17, 15) is 4.79 Å². The topological polar surface area (TPSA) is 73.8 Å². The van der Waals surface area contributed by atoms with Gasteiger partial charge in [-0.1, -0.05) is 42.5 Å². The van der Waals surface area contributed by atoms with E-state index in [0.717, 1.165) is 12.0 Å². The summed E-state index contributed by atoms with van der Waals surface area (Å²) in [5.74, 6) is -0.109. The number of nitrogens with zero attached hydrogens (tertiary/aromatic N) is 3. The summed E-state index contributed by atoms with van der Waals surface area (Å²) in [6, 6.07) is 9.20. The number of rotatable bonds is 6. The molecule has 1 heterocycles. The Balaban J connectivity index is 2.08. The molecule has 5 heteroatoms. The number of hydrogen-bond donors (Lipinski definition) is 1. The van der Waals surface area contributed by atoms with Gasteiger partial charge in [0.1, 0.15) is 5.69 Å². The second-order valence-corrected chi connectivity index (χ2v) is 4.50. The standard InChI is InChI=1S/C14H18N4O/c1-2-8-18-13(10-16-17-18)14(19)12(15)9-11-6-4-3-5-7-11/h3-7,10,12H,2,8-9,15H2,1H3. The van der Waals surface area contributed by atoms with Gasteiger partial charge in [0.2, 0.25) is 0 Å². The minimum absolute atomic E-state index is 0.109. The van der Waals surface area contributed by atoms with E-state index in [1.165, 1.54) is 6.20 Å². The summed E-state index contributed by atoms with van der Waals surface area (Å²) in [6.45, 7) is 2.71. The van der Waals surface area contributed by atoms with Gasteiger partial charge in [0.25, 0.3) is 0 Å². The maximum atomic E-state index is 12.3. The quantitative estimate of drug-likeness (QED) is 0.796. The molecule has 2 rings (SSSR count). The highest BCUT2D eigenvalue weighted by atomic mass is 16.1. The normalized spacial score (nSPS) is 12.3. The number of carbonyl (C=O) groups excluding carboxylic acids is 1. The number of Topliss-reactive ketones (excluding diaryl/α,β-unsaturated/α-hetero) is 1. The van der Waals surface area contributed by atoms with Crippen LogP contribution in [0.3, 0.4) is 0 Å². The van der Waals surface area contributed by atoms with E-state index in [0.29, 0.717) is 18.7 Å². The summed E-state index contributed by atoms with van der Waals surface area (Å²) in [6.07, 6.45) is 2.91. The zero-order valence-corrected chi connectivity index (χ0v) is 11.0. The predicted octanol–water partition coefficient (Wildman–Crippen LogP) is 1.44. The number of ketones is 1. The molecule has 0 amide bonds. The Morgan fingerprint density at radius 1 is 1.37 bits per heavy atom. The van der Waals surface area contributed by atoms with E-state index in [-0.39, 0.29) is 5.78 Å². The summed E-state index contributed by atoms with van der Waals surface area (Å²) in [5.41, 5.74) is 7.53. The largest absolute Gasteiger partial charge is 0.321 e. The third-order valence-electron chi connectivity index (χ3n) is 2.94. The van der Waals surface area contributed by atoms with Gasteiger partial charge in [0.05, 0.1) is 12.2 Å². The van der Waals surface area contributed by atoms with Crippen molar-refractivity contribution in [2.75, 3.05) is 0 Å². The van der Waals surface area contributed by atoms with Crippen molar-refractivity contribution in [1.29, 1.82) is 0 Å². The second kappa shape index (κ2) is 6.24. The van der Waals surface area contributed by atoms with Gasteiger partial charge >= 0.3 is 0 Å². The minimum atomic E-state index is -0.559. The van der Waals surface area contributed by atoms with E-state index in [1.54, 1.807) is 4.68 Å². The van der Waals surface area contributed by atoms with Gasteiger partial charge in [-0.15, -0.1) is 5.10 Å². The lowest BCUT2D eigenvalue weighted by Gasteiger charge is -2.11. The molecule has 0 saturated heterocycles. The number of carbonyl (C=O) groups is 1. The van der Waals surface area contributed by atoms with Crippen molar-refractivity contribution in [1.82, 2.24) is 15.0 Å². The summed E-state index contributed by atoms with van der Waals surface area (Å²) in [4.78, 5) is 12.3. The maximum absolute atomic E-state index is 12.3. The van der Waals surface area contributed by atoms with Gasteiger partial charge < -0.3 is 5.73 Å². The van der Waals surface area contributed by atoms with Crippen molar-refractivity contribution in [2.24, 2.45) is 5.73 Å². The number of aromatic nitrogens is 3. The van der Waals surface area contributed by atoms with Crippen molar-refractivity contribution in [3.05, 3.63) is 47.8 Å². The van der Waals surface area contributed by atoms with Crippen molar-refractivity contribution in [3.63, 3.8) is 0 Å². The molecule has 19 heavy (non-hydrogen) atoms. The summed E-state index contributed by atoms with van der Waals surface area (Å²) in [7, 11) is 0. The molecule has 1 aromatic carbocycles. The van der Waals surface area contributed by atoms with Crippen LogP contribution in [0.2, 0.25) is 0 Å². The average Bonchev–Trinajstić information content (AvgIpc) is 2.87. The molecule has 1 unspecified atom stereocenters. The van der Waals surface area contributed by atoms with Crippen LogP contribution in [-0.4, -0.2) is 26.8 Å². The molecule has 5 nitrogen and oxygen atoms in total. The van der Waals surface area contributed by atoms with Gasteiger partial charge in [-0.05, 0) is 18.4 Å². The molecule has 0 bridgehead atoms. The van der Waals surface area contributed by atoms with Crippen LogP contribution in [0.25, 0.3) is 0 Å². The molecule has 1 atom stereocenters. The van der Waals surface area contributed by atoms with Crippen LogP contribution < -0.4 is 5.73 Å². The summed E-state index contributed by atoms with van der Waals surface area (Å²) < 4.78 is 1.62. The minimum Gasteiger partial charge on any atom is -0.321 e. The zero-order valence-electron chi connectivity index (χ0n) is 11.0. The average molecular weight is 258 g/mol. The monoisotopic (exact) mass is 258 g/mol. The molecule has 0 saturated carbocycles. The Labute approximate surface area is 112 Å². The summed E-state index contributed by atoms with van der Waals surface area (Å²) >= 11 is 0. The molecular formula is C14H18N4O. The Morgan fingerprint density at radius 3 is 2.79 bits per heavy atom. The highest BCUT2D eigenvalue weighted by molar-refractivity contribution is 5.98. The number of nitrogens with two attached hydrogens (primary N) is 1. The molecule has 0 aliphatic rings.